The first kappa shape index (κ1) is 26.8. The zero-order valence-electron chi connectivity index (χ0n) is 18.1. The molecule has 4 aromatic heterocycles. The standard InChI is InChI=1S/C12H8N2.2C6H5NO3.Zn/c1-3-9-5-6-10-4-2-8-14-12(10)11(9)13-7-1;2*8-4-2-1-3-7-5(4)6(9)10;/h1-8H;2*1-3,8H,(H,9,10);/q;;;+2/p-2. The summed E-state index contributed by atoms with van der Waals surface area (Å²) in [5.41, 5.74) is 1.10. The van der Waals surface area contributed by atoms with Crippen molar-refractivity contribution < 1.29 is 49.5 Å². The summed E-state index contributed by atoms with van der Waals surface area (Å²) in [6, 6.07) is 17.5. The van der Waals surface area contributed by atoms with Crippen LogP contribution in [0.4, 0.5) is 0 Å². The van der Waals surface area contributed by atoms with Crippen molar-refractivity contribution in [3.8, 4) is 11.5 Å². The van der Waals surface area contributed by atoms with E-state index in [0.29, 0.717) is 0 Å². The predicted octanol–water partition coefficient (Wildman–Crippen LogP) is 1.08. The van der Waals surface area contributed by atoms with Crippen LogP contribution in [0.3, 0.4) is 0 Å². The van der Waals surface area contributed by atoms with E-state index in [2.05, 4.69) is 44.2 Å². The number of hydrogen-bond acceptors (Lipinski definition) is 10. The summed E-state index contributed by atoms with van der Waals surface area (Å²) in [5.74, 6) is -3.69. The molecular weight excluding hydrogens is 506 g/mol. The Bertz CT molecular complexity index is 1350. The third-order valence-electron chi connectivity index (χ3n) is 4.30. The van der Waals surface area contributed by atoms with Crippen LogP contribution in [0.5, 0.6) is 11.5 Å². The van der Waals surface area contributed by atoms with E-state index in [4.69, 9.17) is 10.2 Å². The molecule has 0 saturated carbocycles. The fraction of sp³-hybridized carbons (Fsp3) is 0. The van der Waals surface area contributed by atoms with Gasteiger partial charge in [0.25, 0.3) is 0 Å². The number of benzene rings is 1. The molecule has 0 fully saturated rings. The van der Waals surface area contributed by atoms with Crippen molar-refractivity contribution in [2.24, 2.45) is 0 Å². The molecule has 0 aliphatic heterocycles. The molecule has 4 heterocycles. The molecule has 0 spiro atoms. The fourth-order valence-corrected chi connectivity index (χ4v) is 2.79. The van der Waals surface area contributed by atoms with Crippen molar-refractivity contribution in [3.05, 3.63) is 96.8 Å². The van der Waals surface area contributed by atoms with Crippen LogP contribution in [0.15, 0.2) is 85.5 Å². The molecule has 0 bridgehead atoms. The molecule has 5 aromatic rings. The Balaban J connectivity index is 0.000000187. The second-order valence-corrected chi connectivity index (χ2v) is 6.53. The maximum absolute atomic E-state index is 10.1. The number of aromatic nitrogens is 4. The SMILES string of the molecule is O=C([O-])c1ncccc1O.O=C([O-])c1ncccc1O.[Zn+2].c1cnc2c(c1)ccc1cccnc12. The Labute approximate surface area is 211 Å². The van der Waals surface area contributed by atoms with E-state index in [1.807, 2.05) is 12.1 Å². The minimum atomic E-state index is -1.47. The molecule has 5 rings (SSSR count). The van der Waals surface area contributed by atoms with E-state index >= 15 is 0 Å². The summed E-state index contributed by atoms with van der Waals surface area (Å²) in [5, 5.41) is 40.0. The first-order valence-electron chi connectivity index (χ1n) is 9.67. The zero-order chi connectivity index (χ0) is 24.5. The van der Waals surface area contributed by atoms with Gasteiger partial charge in [0.2, 0.25) is 0 Å². The Morgan fingerprint density at radius 2 is 0.914 bits per heavy atom. The van der Waals surface area contributed by atoms with Gasteiger partial charge in [-0.3, -0.25) is 19.9 Å². The molecule has 0 saturated heterocycles. The van der Waals surface area contributed by atoms with Crippen LogP contribution >= 0.6 is 0 Å². The number of rotatable bonds is 2. The second kappa shape index (κ2) is 12.7. The van der Waals surface area contributed by atoms with Gasteiger partial charge in [0.1, 0.15) is 22.9 Å². The molecular formula is C24H16N4O6Zn. The number of carboxylic acid groups (broad SMARTS) is 2. The molecule has 1 aromatic carbocycles. The smallest absolute Gasteiger partial charge is 0.543 e. The van der Waals surface area contributed by atoms with Crippen molar-refractivity contribution in [2.45, 2.75) is 0 Å². The van der Waals surface area contributed by atoms with E-state index in [1.165, 1.54) is 36.7 Å². The van der Waals surface area contributed by atoms with E-state index in [9.17, 15) is 19.8 Å². The average molecular weight is 522 g/mol. The molecule has 35 heavy (non-hydrogen) atoms. The first-order valence-corrected chi connectivity index (χ1v) is 9.67. The monoisotopic (exact) mass is 520 g/mol. The fourth-order valence-electron chi connectivity index (χ4n) is 2.79. The molecule has 10 nitrogen and oxygen atoms in total. The number of carboxylic acids is 2. The Morgan fingerprint density at radius 1 is 0.571 bits per heavy atom. The number of carbonyl (C=O) groups is 2. The molecule has 0 amide bonds. The van der Waals surface area contributed by atoms with Crippen molar-refractivity contribution in [2.75, 3.05) is 0 Å². The molecule has 0 unspecified atom stereocenters. The molecule has 2 N–H and O–H groups in total. The van der Waals surface area contributed by atoms with Crippen molar-refractivity contribution in [3.63, 3.8) is 0 Å². The third kappa shape index (κ3) is 6.99. The van der Waals surface area contributed by atoms with Gasteiger partial charge in [-0.2, -0.15) is 0 Å². The van der Waals surface area contributed by atoms with Crippen molar-refractivity contribution in [1.29, 1.82) is 0 Å². The Morgan fingerprint density at radius 3 is 1.23 bits per heavy atom. The number of pyridine rings is 4. The van der Waals surface area contributed by atoms with Gasteiger partial charge in [-0.25, -0.2) is 0 Å². The van der Waals surface area contributed by atoms with Crippen LogP contribution in [0.2, 0.25) is 0 Å². The maximum atomic E-state index is 10.1. The summed E-state index contributed by atoms with van der Waals surface area (Å²) < 4.78 is 0. The second-order valence-electron chi connectivity index (χ2n) is 6.53. The van der Waals surface area contributed by atoms with Gasteiger partial charge in [0.15, 0.2) is 0 Å². The van der Waals surface area contributed by atoms with E-state index in [0.717, 1.165) is 21.8 Å². The van der Waals surface area contributed by atoms with Crippen LogP contribution in [-0.4, -0.2) is 42.1 Å². The zero-order valence-corrected chi connectivity index (χ0v) is 21.1. The normalized spacial score (nSPS) is 9.60. The van der Waals surface area contributed by atoms with Crippen LogP contribution in [-0.2, 0) is 19.5 Å². The summed E-state index contributed by atoms with van der Waals surface area (Å²) in [7, 11) is 0. The summed E-state index contributed by atoms with van der Waals surface area (Å²) in [6.45, 7) is 0. The largest absolute Gasteiger partial charge is 2.00 e. The third-order valence-corrected chi connectivity index (χ3v) is 4.30. The van der Waals surface area contributed by atoms with Crippen LogP contribution in [0, 0.1) is 0 Å². The Hall–Kier alpha value is -4.50. The summed E-state index contributed by atoms with van der Waals surface area (Å²) in [4.78, 5) is 35.6. The molecule has 0 radical (unpaired) electrons. The van der Waals surface area contributed by atoms with Gasteiger partial charge in [0, 0.05) is 35.6 Å². The maximum Gasteiger partial charge on any atom is 2.00 e. The summed E-state index contributed by atoms with van der Waals surface area (Å²) in [6.07, 6.45) is 6.14. The van der Waals surface area contributed by atoms with Crippen molar-refractivity contribution in [1.82, 2.24) is 19.9 Å². The van der Waals surface area contributed by atoms with Gasteiger partial charge in [0.05, 0.1) is 23.0 Å². The van der Waals surface area contributed by atoms with Crippen LogP contribution < -0.4 is 10.2 Å². The van der Waals surface area contributed by atoms with Gasteiger partial charge in [-0.05, 0) is 36.4 Å². The molecule has 0 atom stereocenters. The van der Waals surface area contributed by atoms with E-state index in [-0.39, 0.29) is 31.0 Å². The van der Waals surface area contributed by atoms with E-state index in [1.54, 1.807) is 12.4 Å². The topological polar surface area (TPSA) is 172 Å². The van der Waals surface area contributed by atoms with E-state index < -0.39 is 23.3 Å². The number of hydrogen-bond donors (Lipinski definition) is 2. The summed E-state index contributed by atoms with van der Waals surface area (Å²) >= 11 is 0. The van der Waals surface area contributed by atoms with Gasteiger partial charge < -0.3 is 30.0 Å². The predicted molar refractivity (Wildman–Crippen MR) is 118 cm³/mol. The van der Waals surface area contributed by atoms with Gasteiger partial charge >= 0.3 is 19.5 Å². The average Bonchev–Trinajstić information content (AvgIpc) is 2.85. The number of aromatic hydroxyl groups is 2. The number of aromatic carboxylic acids is 2. The quantitative estimate of drug-likeness (QED) is 0.253. The number of nitrogens with zero attached hydrogens (tertiary/aromatic N) is 4. The molecule has 0 aliphatic rings. The molecule has 170 valence electrons. The number of fused-ring (bicyclic) bond motifs is 3. The molecule has 11 heteroatoms. The molecule has 0 aliphatic carbocycles. The van der Waals surface area contributed by atoms with Gasteiger partial charge in [-0.1, -0.05) is 24.3 Å². The van der Waals surface area contributed by atoms with Crippen LogP contribution in [0.25, 0.3) is 21.8 Å². The Kier molecular flexibility index (Phi) is 9.68. The number of carbonyl (C=O) groups excluding carboxylic acids is 2. The van der Waals surface area contributed by atoms with Gasteiger partial charge in [-0.15, -0.1) is 0 Å². The minimum Gasteiger partial charge on any atom is -0.543 e. The van der Waals surface area contributed by atoms with Crippen molar-refractivity contribution >= 4 is 33.7 Å². The first-order chi connectivity index (χ1) is 16.4. The minimum absolute atomic E-state index is 0. The van der Waals surface area contributed by atoms with Crippen LogP contribution in [0.1, 0.15) is 21.0 Å².